The Balaban J connectivity index is 1.69. The second-order valence-electron chi connectivity index (χ2n) is 5.43. The highest BCUT2D eigenvalue weighted by Gasteiger charge is 2.11. The standard InChI is InChI=1S/C19H17ClN4O3/c1-26-15-8-7-12(11-16(15)27-2)21-17-9-10-18(24-23-17)22-19(25)13-5-3-4-6-14(13)20/h3-11H,1-2H3,(H,21,23)(H,22,24,25). The number of halogens is 1. The molecule has 0 aliphatic heterocycles. The van der Waals surface area contributed by atoms with E-state index in [4.69, 9.17) is 21.1 Å². The fraction of sp³-hybridized carbons (Fsp3) is 0.105. The van der Waals surface area contributed by atoms with Gasteiger partial charge in [-0.05, 0) is 36.4 Å². The largest absolute Gasteiger partial charge is 0.493 e. The van der Waals surface area contributed by atoms with Gasteiger partial charge in [-0.2, -0.15) is 0 Å². The van der Waals surface area contributed by atoms with Crippen LogP contribution in [0, 0.1) is 0 Å². The first-order chi connectivity index (χ1) is 13.1. The topological polar surface area (TPSA) is 85.4 Å². The lowest BCUT2D eigenvalue weighted by atomic mass is 10.2. The van der Waals surface area contributed by atoms with Gasteiger partial charge in [0.15, 0.2) is 23.1 Å². The predicted molar refractivity (Wildman–Crippen MR) is 104 cm³/mol. The molecule has 2 N–H and O–H groups in total. The van der Waals surface area contributed by atoms with Gasteiger partial charge in [0.1, 0.15) is 0 Å². The van der Waals surface area contributed by atoms with Crippen molar-refractivity contribution in [1.29, 1.82) is 0 Å². The number of methoxy groups -OCH3 is 2. The molecule has 1 aromatic heterocycles. The van der Waals surface area contributed by atoms with Crippen molar-refractivity contribution in [3.63, 3.8) is 0 Å². The number of hydrogen-bond donors (Lipinski definition) is 2. The average Bonchev–Trinajstić information content (AvgIpc) is 2.69. The third kappa shape index (κ3) is 4.45. The Bertz CT molecular complexity index is 948. The molecule has 0 aliphatic rings. The zero-order chi connectivity index (χ0) is 19.2. The van der Waals surface area contributed by atoms with Crippen molar-refractivity contribution in [3.8, 4) is 11.5 Å². The van der Waals surface area contributed by atoms with Crippen LogP contribution in [0.3, 0.4) is 0 Å². The number of amides is 1. The van der Waals surface area contributed by atoms with E-state index in [1.54, 1.807) is 62.8 Å². The number of carbonyl (C=O) groups excluding carboxylic acids is 1. The molecule has 0 bridgehead atoms. The molecule has 0 atom stereocenters. The Morgan fingerprint density at radius 3 is 2.30 bits per heavy atom. The van der Waals surface area contributed by atoms with Crippen LogP contribution in [0.2, 0.25) is 5.02 Å². The maximum absolute atomic E-state index is 12.2. The number of nitrogens with one attached hydrogen (secondary N) is 2. The Labute approximate surface area is 161 Å². The molecule has 0 saturated carbocycles. The second kappa shape index (κ2) is 8.37. The lowest BCUT2D eigenvalue weighted by Crippen LogP contribution is -2.14. The van der Waals surface area contributed by atoms with Crippen LogP contribution in [0.25, 0.3) is 0 Å². The highest BCUT2D eigenvalue weighted by molar-refractivity contribution is 6.34. The van der Waals surface area contributed by atoms with E-state index in [0.29, 0.717) is 33.7 Å². The fourth-order valence-corrected chi connectivity index (χ4v) is 2.58. The van der Waals surface area contributed by atoms with E-state index < -0.39 is 0 Å². The summed E-state index contributed by atoms with van der Waals surface area (Å²) >= 11 is 6.02. The fourth-order valence-electron chi connectivity index (χ4n) is 2.36. The zero-order valence-electron chi connectivity index (χ0n) is 14.7. The maximum Gasteiger partial charge on any atom is 0.258 e. The van der Waals surface area contributed by atoms with Gasteiger partial charge in [0.05, 0.1) is 24.8 Å². The number of carbonyl (C=O) groups is 1. The lowest BCUT2D eigenvalue weighted by molar-refractivity contribution is 0.102. The van der Waals surface area contributed by atoms with Gasteiger partial charge in [-0.1, -0.05) is 23.7 Å². The van der Waals surface area contributed by atoms with Crippen molar-refractivity contribution in [2.24, 2.45) is 0 Å². The SMILES string of the molecule is COc1ccc(Nc2ccc(NC(=O)c3ccccc3Cl)nn2)cc1OC. The molecular weight excluding hydrogens is 368 g/mol. The number of anilines is 3. The molecule has 138 valence electrons. The van der Waals surface area contributed by atoms with E-state index in [-0.39, 0.29) is 5.91 Å². The minimum atomic E-state index is -0.351. The number of benzene rings is 2. The molecule has 2 aromatic carbocycles. The summed E-state index contributed by atoms with van der Waals surface area (Å²) in [4.78, 5) is 12.2. The highest BCUT2D eigenvalue weighted by atomic mass is 35.5. The summed E-state index contributed by atoms with van der Waals surface area (Å²) in [6.45, 7) is 0. The molecule has 8 heteroatoms. The Morgan fingerprint density at radius 1 is 0.926 bits per heavy atom. The highest BCUT2D eigenvalue weighted by Crippen LogP contribution is 2.30. The monoisotopic (exact) mass is 384 g/mol. The van der Waals surface area contributed by atoms with E-state index >= 15 is 0 Å². The molecule has 0 radical (unpaired) electrons. The third-order valence-corrected chi connectivity index (χ3v) is 4.01. The van der Waals surface area contributed by atoms with E-state index in [0.717, 1.165) is 5.69 Å². The smallest absolute Gasteiger partial charge is 0.258 e. The summed E-state index contributed by atoms with van der Waals surface area (Å²) < 4.78 is 10.5. The van der Waals surface area contributed by atoms with Gasteiger partial charge in [0.25, 0.3) is 5.91 Å². The van der Waals surface area contributed by atoms with E-state index in [1.807, 2.05) is 6.07 Å². The van der Waals surface area contributed by atoms with Crippen molar-refractivity contribution in [3.05, 3.63) is 65.2 Å². The van der Waals surface area contributed by atoms with E-state index in [2.05, 4.69) is 20.8 Å². The summed E-state index contributed by atoms with van der Waals surface area (Å²) in [7, 11) is 3.14. The quantitative estimate of drug-likeness (QED) is 0.664. The molecule has 0 aliphatic carbocycles. The van der Waals surface area contributed by atoms with E-state index in [9.17, 15) is 4.79 Å². The number of ether oxygens (including phenoxy) is 2. The van der Waals surface area contributed by atoms with Crippen LogP contribution in [-0.2, 0) is 0 Å². The first-order valence-corrected chi connectivity index (χ1v) is 8.37. The van der Waals surface area contributed by atoms with Crippen LogP contribution < -0.4 is 20.1 Å². The molecule has 7 nitrogen and oxygen atoms in total. The van der Waals surface area contributed by atoms with Crippen LogP contribution in [0.15, 0.2) is 54.6 Å². The normalized spacial score (nSPS) is 10.2. The molecular formula is C19H17ClN4O3. The van der Waals surface area contributed by atoms with E-state index in [1.165, 1.54) is 0 Å². The third-order valence-electron chi connectivity index (χ3n) is 3.68. The predicted octanol–water partition coefficient (Wildman–Crippen LogP) is 4.14. The van der Waals surface area contributed by atoms with Crippen molar-refractivity contribution in [2.45, 2.75) is 0 Å². The van der Waals surface area contributed by atoms with Crippen molar-refractivity contribution < 1.29 is 14.3 Å². The molecule has 3 rings (SSSR count). The number of aromatic nitrogens is 2. The van der Waals surface area contributed by atoms with Gasteiger partial charge in [0.2, 0.25) is 0 Å². The Morgan fingerprint density at radius 2 is 1.63 bits per heavy atom. The minimum Gasteiger partial charge on any atom is -0.493 e. The van der Waals surface area contributed by atoms with Crippen molar-refractivity contribution in [2.75, 3.05) is 24.9 Å². The lowest BCUT2D eigenvalue weighted by Gasteiger charge is -2.11. The summed E-state index contributed by atoms with van der Waals surface area (Å²) in [5.41, 5.74) is 1.13. The summed E-state index contributed by atoms with van der Waals surface area (Å²) in [5.74, 6) is 1.71. The number of nitrogens with zero attached hydrogens (tertiary/aromatic N) is 2. The van der Waals surface area contributed by atoms with Crippen molar-refractivity contribution in [1.82, 2.24) is 10.2 Å². The molecule has 0 saturated heterocycles. The Hall–Kier alpha value is -3.32. The van der Waals surface area contributed by atoms with Crippen molar-refractivity contribution >= 4 is 34.8 Å². The first-order valence-electron chi connectivity index (χ1n) is 7.99. The van der Waals surface area contributed by atoms with Crippen LogP contribution in [-0.4, -0.2) is 30.3 Å². The van der Waals surface area contributed by atoms with Gasteiger partial charge in [-0.3, -0.25) is 4.79 Å². The summed E-state index contributed by atoms with van der Waals surface area (Å²) in [5, 5.41) is 14.2. The van der Waals surface area contributed by atoms with Gasteiger partial charge < -0.3 is 20.1 Å². The molecule has 0 fully saturated rings. The first kappa shape index (κ1) is 18.5. The van der Waals surface area contributed by atoms with Gasteiger partial charge in [-0.25, -0.2) is 0 Å². The van der Waals surface area contributed by atoms with Gasteiger partial charge in [0, 0.05) is 11.8 Å². The summed E-state index contributed by atoms with van der Waals surface area (Å²) in [6.07, 6.45) is 0. The molecule has 0 spiro atoms. The second-order valence-corrected chi connectivity index (χ2v) is 5.84. The average molecular weight is 385 g/mol. The molecule has 0 unspecified atom stereocenters. The molecule has 3 aromatic rings. The van der Waals surface area contributed by atoms with Gasteiger partial charge >= 0.3 is 0 Å². The molecule has 1 heterocycles. The molecule has 1 amide bonds. The molecule has 27 heavy (non-hydrogen) atoms. The van der Waals surface area contributed by atoms with Crippen LogP contribution >= 0.6 is 11.6 Å². The maximum atomic E-state index is 12.2. The minimum absolute atomic E-state index is 0.317. The van der Waals surface area contributed by atoms with Crippen LogP contribution in [0.1, 0.15) is 10.4 Å². The van der Waals surface area contributed by atoms with Gasteiger partial charge in [-0.15, -0.1) is 10.2 Å². The number of hydrogen-bond acceptors (Lipinski definition) is 6. The Kier molecular flexibility index (Phi) is 5.73. The zero-order valence-corrected chi connectivity index (χ0v) is 15.4. The summed E-state index contributed by atoms with van der Waals surface area (Å²) in [6, 6.07) is 15.5. The van der Waals surface area contributed by atoms with Crippen LogP contribution in [0.4, 0.5) is 17.3 Å². The van der Waals surface area contributed by atoms with Crippen LogP contribution in [0.5, 0.6) is 11.5 Å². The number of rotatable bonds is 6.